The fraction of sp³-hybridized carbons (Fsp3) is 0.900. The second kappa shape index (κ2) is 3.29. The molecule has 13 heavy (non-hydrogen) atoms. The minimum Gasteiger partial charge on any atom is -0.342 e. The first kappa shape index (κ1) is 9.00. The normalized spacial score (nSPS) is 39.8. The van der Waals surface area contributed by atoms with Gasteiger partial charge in [0.2, 0.25) is 6.41 Å². The number of hydrogen-bond acceptors (Lipinski definition) is 2. The van der Waals surface area contributed by atoms with Crippen LogP contribution in [0.1, 0.15) is 26.2 Å². The van der Waals surface area contributed by atoms with Gasteiger partial charge in [0.15, 0.2) is 0 Å². The van der Waals surface area contributed by atoms with Crippen molar-refractivity contribution in [2.75, 3.05) is 19.6 Å². The van der Waals surface area contributed by atoms with Crippen LogP contribution in [0.3, 0.4) is 0 Å². The maximum absolute atomic E-state index is 10.8. The molecule has 0 saturated carbocycles. The molecule has 0 bridgehead atoms. The number of rotatable bonds is 2. The van der Waals surface area contributed by atoms with E-state index in [0.717, 1.165) is 26.0 Å². The number of amides is 1. The summed E-state index contributed by atoms with van der Waals surface area (Å²) in [6, 6.07) is 0.486. The number of carbonyl (C=O) groups is 1. The second-order valence-electron chi connectivity index (χ2n) is 4.58. The Morgan fingerprint density at radius 1 is 1.62 bits per heavy atom. The van der Waals surface area contributed by atoms with E-state index in [-0.39, 0.29) is 0 Å². The van der Waals surface area contributed by atoms with Gasteiger partial charge in [-0.1, -0.05) is 6.92 Å². The third-order valence-corrected chi connectivity index (χ3v) is 3.64. The van der Waals surface area contributed by atoms with E-state index in [0.29, 0.717) is 11.5 Å². The summed E-state index contributed by atoms with van der Waals surface area (Å²) in [5.41, 5.74) is 0.331. The van der Waals surface area contributed by atoms with Crippen molar-refractivity contribution in [2.24, 2.45) is 5.41 Å². The predicted molar refractivity (Wildman–Crippen MR) is 51.4 cm³/mol. The van der Waals surface area contributed by atoms with Crippen LogP contribution >= 0.6 is 0 Å². The summed E-state index contributed by atoms with van der Waals surface area (Å²) in [7, 11) is 0. The van der Waals surface area contributed by atoms with Crippen LogP contribution in [0.4, 0.5) is 0 Å². The van der Waals surface area contributed by atoms with Crippen molar-refractivity contribution in [1.82, 2.24) is 10.2 Å². The molecule has 2 fully saturated rings. The Balaban J connectivity index is 2.09. The van der Waals surface area contributed by atoms with Crippen molar-refractivity contribution in [2.45, 2.75) is 32.2 Å². The van der Waals surface area contributed by atoms with Crippen molar-refractivity contribution in [1.29, 1.82) is 0 Å². The Hall–Kier alpha value is -0.570. The Labute approximate surface area is 79.5 Å². The number of carbonyl (C=O) groups excluding carboxylic acids is 1. The summed E-state index contributed by atoms with van der Waals surface area (Å²) in [5.74, 6) is 0. The van der Waals surface area contributed by atoms with Crippen molar-refractivity contribution in [3.8, 4) is 0 Å². The van der Waals surface area contributed by atoms with Crippen LogP contribution in [0.5, 0.6) is 0 Å². The fourth-order valence-corrected chi connectivity index (χ4v) is 2.78. The number of likely N-dealkylation sites (tertiary alicyclic amines) is 1. The summed E-state index contributed by atoms with van der Waals surface area (Å²) in [4.78, 5) is 12.8. The monoisotopic (exact) mass is 182 g/mol. The third kappa shape index (κ3) is 1.46. The van der Waals surface area contributed by atoms with Crippen molar-refractivity contribution in [3.63, 3.8) is 0 Å². The first-order valence-electron chi connectivity index (χ1n) is 5.18. The van der Waals surface area contributed by atoms with Gasteiger partial charge >= 0.3 is 0 Å². The lowest BCUT2D eigenvalue weighted by Crippen LogP contribution is -2.43. The van der Waals surface area contributed by atoms with Gasteiger partial charge in [0.1, 0.15) is 0 Å². The molecule has 1 N–H and O–H groups in total. The molecule has 2 unspecified atom stereocenters. The summed E-state index contributed by atoms with van der Waals surface area (Å²) >= 11 is 0. The SMILES string of the molecule is CC1(C2CCCN2C=O)CCNC1. The molecular formula is C10H18N2O. The molecule has 2 saturated heterocycles. The maximum Gasteiger partial charge on any atom is 0.209 e. The predicted octanol–water partition coefficient (Wildman–Crippen LogP) is 0.607. The van der Waals surface area contributed by atoms with Crippen LogP contribution in [0.15, 0.2) is 0 Å². The van der Waals surface area contributed by atoms with Gasteiger partial charge in [0.05, 0.1) is 0 Å². The third-order valence-electron chi connectivity index (χ3n) is 3.64. The Bertz CT molecular complexity index is 199. The molecule has 1 amide bonds. The lowest BCUT2D eigenvalue weighted by atomic mass is 9.80. The zero-order valence-corrected chi connectivity index (χ0v) is 8.25. The number of nitrogens with zero attached hydrogens (tertiary/aromatic N) is 1. The Morgan fingerprint density at radius 2 is 2.46 bits per heavy atom. The van der Waals surface area contributed by atoms with Gasteiger partial charge in [-0.15, -0.1) is 0 Å². The van der Waals surface area contributed by atoms with Gasteiger partial charge in [0.25, 0.3) is 0 Å². The highest BCUT2D eigenvalue weighted by Gasteiger charge is 2.41. The first-order valence-corrected chi connectivity index (χ1v) is 5.18. The van der Waals surface area contributed by atoms with E-state index < -0.39 is 0 Å². The maximum atomic E-state index is 10.8. The summed E-state index contributed by atoms with van der Waals surface area (Å²) in [5, 5.41) is 3.39. The molecule has 3 heteroatoms. The molecule has 2 heterocycles. The molecule has 3 nitrogen and oxygen atoms in total. The highest BCUT2D eigenvalue weighted by Crippen LogP contribution is 2.37. The van der Waals surface area contributed by atoms with Crippen LogP contribution in [0, 0.1) is 5.41 Å². The van der Waals surface area contributed by atoms with E-state index >= 15 is 0 Å². The van der Waals surface area contributed by atoms with Crippen LogP contribution in [0.25, 0.3) is 0 Å². The summed E-state index contributed by atoms with van der Waals surface area (Å²) in [6.45, 7) is 5.45. The number of hydrogen-bond donors (Lipinski definition) is 1. The van der Waals surface area contributed by atoms with E-state index in [1.807, 2.05) is 4.90 Å². The van der Waals surface area contributed by atoms with Crippen molar-refractivity contribution >= 4 is 6.41 Å². The van der Waals surface area contributed by atoms with E-state index in [9.17, 15) is 4.79 Å². The molecule has 0 aromatic carbocycles. The molecule has 2 rings (SSSR count). The zero-order chi connectivity index (χ0) is 9.31. The van der Waals surface area contributed by atoms with Gasteiger partial charge in [0, 0.05) is 24.5 Å². The average Bonchev–Trinajstić information content (AvgIpc) is 2.72. The van der Waals surface area contributed by atoms with Crippen LogP contribution < -0.4 is 5.32 Å². The van der Waals surface area contributed by atoms with Crippen molar-refractivity contribution in [3.05, 3.63) is 0 Å². The highest BCUT2D eigenvalue weighted by molar-refractivity contribution is 5.48. The molecule has 0 aromatic rings. The van der Waals surface area contributed by atoms with Gasteiger partial charge in [-0.2, -0.15) is 0 Å². The quantitative estimate of drug-likeness (QED) is 0.634. The standard InChI is InChI=1S/C10H18N2O/c1-10(4-5-11-7-10)9-3-2-6-12(9)8-13/h8-9,11H,2-7H2,1H3. The van der Waals surface area contributed by atoms with Crippen LogP contribution in [-0.2, 0) is 4.79 Å². The molecule has 2 aliphatic heterocycles. The van der Waals surface area contributed by atoms with Gasteiger partial charge < -0.3 is 10.2 Å². The van der Waals surface area contributed by atoms with Gasteiger partial charge in [-0.05, 0) is 25.8 Å². The second-order valence-corrected chi connectivity index (χ2v) is 4.58. The molecular weight excluding hydrogens is 164 g/mol. The number of nitrogens with one attached hydrogen (secondary N) is 1. The molecule has 0 aromatic heterocycles. The molecule has 2 atom stereocenters. The molecule has 0 radical (unpaired) electrons. The van der Waals surface area contributed by atoms with Crippen LogP contribution in [-0.4, -0.2) is 37.0 Å². The minimum absolute atomic E-state index is 0.331. The van der Waals surface area contributed by atoms with E-state index in [4.69, 9.17) is 0 Å². The Morgan fingerprint density at radius 3 is 3.08 bits per heavy atom. The fourth-order valence-electron chi connectivity index (χ4n) is 2.78. The molecule has 0 spiro atoms. The summed E-state index contributed by atoms with van der Waals surface area (Å²) in [6.07, 6.45) is 4.61. The lowest BCUT2D eigenvalue weighted by molar-refractivity contribution is -0.120. The summed E-state index contributed by atoms with van der Waals surface area (Å²) < 4.78 is 0. The topological polar surface area (TPSA) is 32.3 Å². The largest absolute Gasteiger partial charge is 0.342 e. The van der Waals surface area contributed by atoms with Gasteiger partial charge in [-0.3, -0.25) is 4.79 Å². The molecule has 2 aliphatic rings. The highest BCUT2D eigenvalue weighted by atomic mass is 16.1. The smallest absolute Gasteiger partial charge is 0.209 e. The minimum atomic E-state index is 0.331. The van der Waals surface area contributed by atoms with Gasteiger partial charge in [-0.25, -0.2) is 0 Å². The zero-order valence-electron chi connectivity index (χ0n) is 8.25. The molecule has 74 valence electrons. The first-order chi connectivity index (χ1) is 6.26. The van der Waals surface area contributed by atoms with E-state index in [2.05, 4.69) is 12.2 Å². The Kier molecular flexibility index (Phi) is 2.28. The lowest BCUT2D eigenvalue weighted by Gasteiger charge is -2.35. The molecule has 0 aliphatic carbocycles. The van der Waals surface area contributed by atoms with E-state index in [1.165, 1.54) is 19.3 Å². The van der Waals surface area contributed by atoms with Crippen molar-refractivity contribution < 1.29 is 4.79 Å². The van der Waals surface area contributed by atoms with E-state index in [1.54, 1.807) is 0 Å². The average molecular weight is 182 g/mol. The van der Waals surface area contributed by atoms with Crippen LogP contribution in [0.2, 0.25) is 0 Å².